The van der Waals surface area contributed by atoms with Gasteiger partial charge in [0.05, 0.1) is 15.7 Å². The Hall–Kier alpha value is -1.72. The molecular weight excluding hydrogens is 291 g/mol. The molecule has 0 saturated carbocycles. The summed E-state index contributed by atoms with van der Waals surface area (Å²) in [5, 5.41) is 14.1. The molecule has 102 valence electrons. The van der Waals surface area contributed by atoms with Crippen LogP contribution >= 0.6 is 23.2 Å². The first-order valence-corrected chi connectivity index (χ1v) is 6.06. The second-order valence-corrected chi connectivity index (χ2v) is 4.40. The smallest absolute Gasteiger partial charge is 0.326 e. The van der Waals surface area contributed by atoms with Crippen LogP contribution in [-0.2, 0) is 4.79 Å². The molecule has 0 saturated heterocycles. The topological polar surface area (TPSA) is 78.4 Å². The molecule has 1 aromatic carbocycles. The molecule has 1 rings (SSSR count). The van der Waals surface area contributed by atoms with Crippen LogP contribution < -0.4 is 10.6 Å². The predicted octanol–water partition coefficient (Wildman–Crippen LogP) is 3.14. The third-order valence-corrected chi connectivity index (χ3v) is 3.02. The number of nitrogens with one attached hydrogen (secondary N) is 2. The summed E-state index contributed by atoms with van der Waals surface area (Å²) in [5.41, 5.74) is 0.300. The average Bonchev–Trinajstić information content (AvgIpc) is 2.34. The van der Waals surface area contributed by atoms with Gasteiger partial charge in [-0.15, -0.1) is 6.58 Å². The molecule has 7 heteroatoms. The fraction of sp³-hybridized carbons (Fsp3) is 0.167. The summed E-state index contributed by atoms with van der Waals surface area (Å²) in [5.74, 6) is -1.15. The van der Waals surface area contributed by atoms with Crippen molar-refractivity contribution in [3.05, 3.63) is 40.9 Å². The number of hydrogen-bond acceptors (Lipinski definition) is 2. The maximum absolute atomic E-state index is 11.6. The Balaban J connectivity index is 2.71. The number of aliphatic carboxylic acids is 1. The highest BCUT2D eigenvalue weighted by molar-refractivity contribution is 6.43. The molecule has 1 aromatic rings. The van der Waals surface area contributed by atoms with E-state index in [4.69, 9.17) is 28.3 Å². The van der Waals surface area contributed by atoms with Crippen molar-refractivity contribution in [2.24, 2.45) is 0 Å². The van der Waals surface area contributed by atoms with E-state index in [0.29, 0.717) is 10.7 Å². The summed E-state index contributed by atoms with van der Waals surface area (Å²) < 4.78 is 0. The van der Waals surface area contributed by atoms with Gasteiger partial charge in [-0.25, -0.2) is 9.59 Å². The van der Waals surface area contributed by atoms with Crippen LogP contribution in [0.15, 0.2) is 30.9 Å². The second kappa shape index (κ2) is 7.01. The van der Waals surface area contributed by atoms with Gasteiger partial charge >= 0.3 is 12.0 Å². The zero-order chi connectivity index (χ0) is 14.4. The number of hydrogen-bond donors (Lipinski definition) is 3. The minimum absolute atomic E-state index is 0.117. The van der Waals surface area contributed by atoms with E-state index in [1.54, 1.807) is 18.2 Å². The summed E-state index contributed by atoms with van der Waals surface area (Å²) in [7, 11) is 0. The molecule has 0 fully saturated rings. The van der Waals surface area contributed by atoms with E-state index >= 15 is 0 Å². The Morgan fingerprint density at radius 1 is 1.42 bits per heavy atom. The van der Waals surface area contributed by atoms with Gasteiger partial charge in [0.1, 0.15) is 6.04 Å². The molecule has 0 aromatic heterocycles. The van der Waals surface area contributed by atoms with E-state index < -0.39 is 18.0 Å². The number of halogens is 2. The van der Waals surface area contributed by atoms with Gasteiger partial charge in [0.25, 0.3) is 0 Å². The van der Waals surface area contributed by atoms with E-state index in [9.17, 15) is 9.59 Å². The molecule has 0 radical (unpaired) electrons. The fourth-order valence-electron chi connectivity index (χ4n) is 1.31. The minimum atomic E-state index is -1.15. The number of amides is 2. The van der Waals surface area contributed by atoms with Crippen molar-refractivity contribution in [1.82, 2.24) is 5.32 Å². The molecule has 0 bridgehead atoms. The number of anilines is 1. The molecule has 0 aliphatic heterocycles. The third kappa shape index (κ3) is 4.46. The average molecular weight is 303 g/mol. The molecule has 0 aliphatic rings. The van der Waals surface area contributed by atoms with Crippen LogP contribution in [0.1, 0.15) is 6.42 Å². The fourth-order valence-corrected chi connectivity index (χ4v) is 1.65. The van der Waals surface area contributed by atoms with Crippen LogP contribution in [-0.4, -0.2) is 23.1 Å². The maximum atomic E-state index is 11.6. The summed E-state index contributed by atoms with van der Waals surface area (Å²) >= 11 is 11.7. The van der Waals surface area contributed by atoms with Crippen molar-refractivity contribution in [1.29, 1.82) is 0 Å². The van der Waals surface area contributed by atoms with Crippen molar-refractivity contribution in [3.8, 4) is 0 Å². The number of carboxylic acid groups (broad SMARTS) is 1. The molecule has 5 nitrogen and oxygen atoms in total. The van der Waals surface area contributed by atoms with Gasteiger partial charge in [0.15, 0.2) is 0 Å². The van der Waals surface area contributed by atoms with Crippen LogP contribution in [0.5, 0.6) is 0 Å². The highest BCUT2D eigenvalue weighted by Crippen LogP contribution is 2.29. The van der Waals surface area contributed by atoms with E-state index in [-0.39, 0.29) is 11.4 Å². The number of carbonyl (C=O) groups is 2. The molecule has 3 N–H and O–H groups in total. The lowest BCUT2D eigenvalue weighted by molar-refractivity contribution is -0.139. The highest BCUT2D eigenvalue weighted by Gasteiger charge is 2.18. The van der Waals surface area contributed by atoms with Crippen LogP contribution in [0.3, 0.4) is 0 Å². The summed E-state index contributed by atoms with van der Waals surface area (Å²) in [4.78, 5) is 22.5. The monoisotopic (exact) mass is 302 g/mol. The Morgan fingerprint density at radius 3 is 2.68 bits per heavy atom. The number of rotatable bonds is 5. The maximum Gasteiger partial charge on any atom is 0.326 e. The Labute approximate surface area is 120 Å². The van der Waals surface area contributed by atoms with Crippen molar-refractivity contribution >= 4 is 40.9 Å². The zero-order valence-corrected chi connectivity index (χ0v) is 11.3. The van der Waals surface area contributed by atoms with Gasteiger partial charge in [-0.1, -0.05) is 35.3 Å². The van der Waals surface area contributed by atoms with Gasteiger partial charge in [-0.05, 0) is 18.6 Å². The molecule has 1 atom stereocenters. The van der Waals surface area contributed by atoms with Crippen molar-refractivity contribution in [2.45, 2.75) is 12.5 Å². The first-order chi connectivity index (χ1) is 8.95. The SMILES string of the molecule is C=CCC(NC(=O)Nc1cccc(Cl)c1Cl)C(=O)O. The molecule has 19 heavy (non-hydrogen) atoms. The van der Waals surface area contributed by atoms with E-state index in [0.717, 1.165) is 0 Å². The lowest BCUT2D eigenvalue weighted by Crippen LogP contribution is -2.42. The van der Waals surface area contributed by atoms with Crippen molar-refractivity contribution in [3.63, 3.8) is 0 Å². The standard InChI is InChI=1S/C12H12Cl2N2O3/c1-2-4-9(11(17)18)16-12(19)15-8-6-3-5-7(13)10(8)14/h2-3,5-6,9H,1,4H2,(H,17,18)(H2,15,16,19). The third-order valence-electron chi connectivity index (χ3n) is 2.21. The van der Waals surface area contributed by atoms with Crippen LogP contribution in [0.25, 0.3) is 0 Å². The minimum Gasteiger partial charge on any atom is -0.480 e. The Morgan fingerprint density at radius 2 is 2.11 bits per heavy atom. The lowest BCUT2D eigenvalue weighted by atomic mass is 10.2. The van der Waals surface area contributed by atoms with E-state index in [2.05, 4.69) is 17.2 Å². The van der Waals surface area contributed by atoms with Crippen molar-refractivity contribution < 1.29 is 14.7 Å². The number of carbonyl (C=O) groups excluding carboxylic acids is 1. The van der Waals surface area contributed by atoms with Crippen LogP contribution in [0, 0.1) is 0 Å². The van der Waals surface area contributed by atoms with Gasteiger partial charge in [0, 0.05) is 0 Å². The van der Waals surface area contributed by atoms with Gasteiger partial charge < -0.3 is 15.7 Å². The number of carboxylic acids is 1. The second-order valence-electron chi connectivity index (χ2n) is 3.62. The largest absolute Gasteiger partial charge is 0.480 e. The van der Waals surface area contributed by atoms with Crippen LogP contribution in [0.4, 0.5) is 10.5 Å². The molecule has 0 aliphatic carbocycles. The normalized spacial score (nSPS) is 11.5. The van der Waals surface area contributed by atoms with E-state index in [1.807, 2.05) is 0 Å². The quantitative estimate of drug-likeness (QED) is 0.731. The summed E-state index contributed by atoms with van der Waals surface area (Å²) in [6, 6.07) is 3.01. The highest BCUT2D eigenvalue weighted by atomic mass is 35.5. The molecule has 0 heterocycles. The predicted molar refractivity (Wildman–Crippen MR) is 74.9 cm³/mol. The van der Waals surface area contributed by atoms with Gasteiger partial charge in [0.2, 0.25) is 0 Å². The number of urea groups is 1. The first kappa shape index (κ1) is 15.3. The molecule has 1 unspecified atom stereocenters. The first-order valence-electron chi connectivity index (χ1n) is 5.31. The van der Waals surface area contributed by atoms with Crippen molar-refractivity contribution in [2.75, 3.05) is 5.32 Å². The number of benzene rings is 1. The molecular formula is C12H12Cl2N2O3. The van der Waals surface area contributed by atoms with Gasteiger partial charge in [-0.3, -0.25) is 0 Å². The van der Waals surface area contributed by atoms with E-state index in [1.165, 1.54) is 6.08 Å². The summed E-state index contributed by atoms with van der Waals surface area (Å²) in [6.45, 7) is 3.43. The zero-order valence-electron chi connectivity index (χ0n) is 9.82. The Kier molecular flexibility index (Phi) is 5.66. The molecule has 2 amide bonds. The Bertz CT molecular complexity index is 506. The van der Waals surface area contributed by atoms with Gasteiger partial charge in [-0.2, -0.15) is 0 Å². The van der Waals surface area contributed by atoms with Crippen LogP contribution in [0.2, 0.25) is 10.0 Å². The lowest BCUT2D eigenvalue weighted by Gasteiger charge is -2.14. The summed E-state index contributed by atoms with van der Waals surface area (Å²) in [6.07, 6.45) is 1.53. The molecule has 0 spiro atoms.